The van der Waals surface area contributed by atoms with Crippen LogP contribution in [0.1, 0.15) is 160 Å². The molecule has 0 radical (unpaired) electrons. The van der Waals surface area contributed by atoms with Crippen LogP contribution in [-0.4, -0.2) is 108 Å². The molecule has 15 heteroatoms. The fourth-order valence-corrected chi connectivity index (χ4v) is 8.17. The second-order valence-corrected chi connectivity index (χ2v) is 20.5. The van der Waals surface area contributed by atoms with Crippen LogP contribution in [-0.2, 0) is 38.2 Å². The smallest absolute Gasteiger partial charge is 0.407 e. The Labute approximate surface area is 385 Å². The maximum atomic E-state index is 15.0. The third kappa shape index (κ3) is 20.9. The second kappa shape index (κ2) is 27.5. The molecule has 368 valence electrons. The molecule has 0 saturated heterocycles. The van der Waals surface area contributed by atoms with Gasteiger partial charge >= 0.3 is 6.09 Å². The SMILES string of the molecule is C=CCCCC[C@@H](OC[C@@H](C)NC(=O)[C@@H](C)[C@H](C)OC(C)(C)C)[C@@H](CCC=C)C(=O)N(C)C(C)(CC(C)C)C(=O)N[C@H](C(=O)N[C@@H](CNC(=O)OC(C)(C)C)C(N)=O)C1CCCCC1. The van der Waals surface area contributed by atoms with Crippen LogP contribution in [0, 0.1) is 23.7 Å². The van der Waals surface area contributed by atoms with Gasteiger partial charge in [-0.2, -0.15) is 0 Å². The number of nitrogens with zero attached hydrogens (tertiary/aromatic N) is 1. The minimum absolute atomic E-state index is 0.0351. The van der Waals surface area contributed by atoms with Crippen molar-refractivity contribution in [2.75, 3.05) is 20.2 Å². The molecule has 0 aromatic rings. The van der Waals surface area contributed by atoms with Crippen molar-refractivity contribution in [3.8, 4) is 0 Å². The summed E-state index contributed by atoms with van der Waals surface area (Å²) in [5.41, 5.74) is 3.08. The van der Waals surface area contributed by atoms with Crippen LogP contribution in [0.25, 0.3) is 0 Å². The summed E-state index contributed by atoms with van der Waals surface area (Å²) >= 11 is 0. The molecule has 6 N–H and O–H groups in total. The molecular weight excluding hydrogens is 817 g/mol. The molecule has 1 fully saturated rings. The van der Waals surface area contributed by atoms with Crippen LogP contribution in [0.15, 0.2) is 25.3 Å². The largest absolute Gasteiger partial charge is 0.444 e. The molecule has 0 aromatic heterocycles. The van der Waals surface area contributed by atoms with Crippen molar-refractivity contribution < 1.29 is 43.0 Å². The quantitative estimate of drug-likeness (QED) is 0.0410. The molecule has 0 aliphatic heterocycles. The van der Waals surface area contributed by atoms with E-state index in [4.69, 9.17) is 19.9 Å². The third-order valence-electron chi connectivity index (χ3n) is 11.8. The van der Waals surface area contributed by atoms with Crippen molar-refractivity contribution in [3.63, 3.8) is 0 Å². The Balaban J connectivity index is 3.52. The molecule has 8 atom stereocenters. The van der Waals surface area contributed by atoms with Gasteiger partial charge in [-0.1, -0.05) is 58.6 Å². The fraction of sp³-hybridized carbons (Fsp3) is 0.796. The van der Waals surface area contributed by atoms with Crippen molar-refractivity contribution in [2.24, 2.45) is 29.4 Å². The molecule has 1 unspecified atom stereocenters. The lowest BCUT2D eigenvalue weighted by Gasteiger charge is -2.43. The predicted molar refractivity (Wildman–Crippen MR) is 253 cm³/mol. The zero-order valence-corrected chi connectivity index (χ0v) is 41.9. The molecule has 6 amide bonds. The molecule has 1 aliphatic rings. The molecule has 0 aromatic carbocycles. The van der Waals surface area contributed by atoms with Crippen LogP contribution in [0.5, 0.6) is 0 Å². The molecule has 1 aliphatic carbocycles. The highest BCUT2D eigenvalue weighted by atomic mass is 16.6. The Morgan fingerprint density at radius 2 is 1.41 bits per heavy atom. The minimum atomic E-state index is -1.41. The number of ether oxygens (including phenoxy) is 3. The molecule has 0 bridgehead atoms. The fourth-order valence-electron chi connectivity index (χ4n) is 8.17. The predicted octanol–water partition coefficient (Wildman–Crippen LogP) is 6.87. The molecule has 0 spiro atoms. The van der Waals surface area contributed by atoms with E-state index < -0.39 is 70.6 Å². The van der Waals surface area contributed by atoms with Gasteiger partial charge in [-0.15, -0.1) is 13.2 Å². The lowest BCUT2D eigenvalue weighted by molar-refractivity contribution is -0.154. The Morgan fingerprint density at radius 1 is 0.797 bits per heavy atom. The van der Waals surface area contributed by atoms with E-state index in [1.165, 1.54) is 4.90 Å². The van der Waals surface area contributed by atoms with Crippen molar-refractivity contribution in [2.45, 2.75) is 207 Å². The molecule has 15 nitrogen and oxygen atoms in total. The van der Waals surface area contributed by atoms with Gasteiger partial charge in [0, 0.05) is 13.1 Å². The highest BCUT2D eigenvalue weighted by Crippen LogP contribution is 2.32. The summed E-state index contributed by atoms with van der Waals surface area (Å²) in [6.45, 7) is 29.8. The summed E-state index contributed by atoms with van der Waals surface area (Å²) in [4.78, 5) is 83.8. The van der Waals surface area contributed by atoms with Crippen LogP contribution in [0.3, 0.4) is 0 Å². The summed E-state index contributed by atoms with van der Waals surface area (Å²) < 4.78 is 17.9. The van der Waals surface area contributed by atoms with Gasteiger partial charge in [0.15, 0.2) is 0 Å². The Hall–Kier alpha value is -3.98. The lowest BCUT2D eigenvalue weighted by atomic mass is 9.81. The van der Waals surface area contributed by atoms with Crippen molar-refractivity contribution in [1.29, 1.82) is 0 Å². The number of primary amides is 1. The number of hydrogen-bond donors (Lipinski definition) is 5. The van der Waals surface area contributed by atoms with Gasteiger partial charge in [0.2, 0.25) is 29.5 Å². The van der Waals surface area contributed by atoms with Gasteiger partial charge in [0.25, 0.3) is 0 Å². The van der Waals surface area contributed by atoms with Gasteiger partial charge in [0.05, 0.1) is 42.8 Å². The van der Waals surface area contributed by atoms with E-state index in [1.807, 2.05) is 61.5 Å². The zero-order valence-electron chi connectivity index (χ0n) is 41.9. The summed E-state index contributed by atoms with van der Waals surface area (Å²) in [6, 6.07) is -2.71. The van der Waals surface area contributed by atoms with Gasteiger partial charge in [0.1, 0.15) is 23.2 Å². The van der Waals surface area contributed by atoms with Gasteiger partial charge < -0.3 is 46.1 Å². The van der Waals surface area contributed by atoms with E-state index in [2.05, 4.69) is 34.4 Å². The van der Waals surface area contributed by atoms with E-state index in [-0.39, 0.29) is 55.4 Å². The Kier molecular flexibility index (Phi) is 24.9. The normalized spacial score (nSPS) is 17.8. The number of carbonyl (C=O) groups is 6. The number of allylic oxidation sites excluding steroid dienone is 2. The number of carbonyl (C=O) groups excluding carboxylic acids is 6. The lowest BCUT2D eigenvalue weighted by Crippen LogP contribution is -2.64. The topological polar surface area (TPSA) is 207 Å². The number of nitrogens with two attached hydrogens (primary N) is 1. The number of likely N-dealkylation sites (N-methyl/N-ethyl adjacent to an activating group) is 1. The van der Waals surface area contributed by atoms with Crippen LogP contribution < -0.4 is 27.0 Å². The highest BCUT2D eigenvalue weighted by Gasteiger charge is 2.46. The number of rotatable bonds is 28. The van der Waals surface area contributed by atoms with E-state index >= 15 is 4.79 Å². The monoisotopic (exact) mass is 905 g/mol. The summed E-state index contributed by atoms with van der Waals surface area (Å²) in [5.74, 6) is -3.79. The summed E-state index contributed by atoms with van der Waals surface area (Å²) in [7, 11) is 1.63. The van der Waals surface area contributed by atoms with E-state index in [9.17, 15) is 24.0 Å². The maximum Gasteiger partial charge on any atom is 0.407 e. The minimum Gasteiger partial charge on any atom is -0.444 e. The van der Waals surface area contributed by atoms with E-state index in [0.717, 1.165) is 38.5 Å². The molecule has 64 heavy (non-hydrogen) atoms. The third-order valence-corrected chi connectivity index (χ3v) is 11.8. The first-order valence-electron chi connectivity index (χ1n) is 23.6. The first-order valence-corrected chi connectivity index (χ1v) is 23.6. The number of nitrogens with one attached hydrogen (secondary N) is 4. The first kappa shape index (κ1) is 58.0. The van der Waals surface area contributed by atoms with E-state index in [1.54, 1.807) is 40.8 Å². The first-order chi connectivity index (χ1) is 29.7. The van der Waals surface area contributed by atoms with Crippen LogP contribution in [0.2, 0.25) is 0 Å². The van der Waals surface area contributed by atoms with Gasteiger partial charge in [-0.25, -0.2) is 4.79 Å². The second-order valence-electron chi connectivity index (χ2n) is 20.5. The van der Waals surface area contributed by atoms with Crippen LogP contribution in [0.4, 0.5) is 4.79 Å². The number of hydrogen-bond acceptors (Lipinski definition) is 9. The van der Waals surface area contributed by atoms with Crippen molar-refractivity contribution in [1.82, 2.24) is 26.2 Å². The average Bonchev–Trinajstić information content (AvgIpc) is 3.19. The molecule has 1 rings (SSSR count). The van der Waals surface area contributed by atoms with Crippen molar-refractivity contribution >= 4 is 35.6 Å². The number of amides is 6. The summed E-state index contributed by atoms with van der Waals surface area (Å²) in [5, 5.41) is 11.3. The van der Waals surface area contributed by atoms with Gasteiger partial charge in [-0.3, -0.25) is 24.0 Å². The Morgan fingerprint density at radius 3 is 1.94 bits per heavy atom. The maximum absolute atomic E-state index is 15.0. The number of alkyl carbamates (subject to hydrolysis) is 1. The molecular formula is C49H88N6O9. The van der Waals surface area contributed by atoms with Crippen LogP contribution >= 0.6 is 0 Å². The Bertz CT molecular complexity index is 1520. The van der Waals surface area contributed by atoms with E-state index in [0.29, 0.717) is 32.1 Å². The van der Waals surface area contributed by atoms with Crippen molar-refractivity contribution in [3.05, 3.63) is 25.3 Å². The molecule has 0 heterocycles. The molecule has 1 saturated carbocycles. The zero-order chi connectivity index (χ0) is 49.0. The van der Waals surface area contributed by atoms with Gasteiger partial charge in [-0.05, 0) is 126 Å². The average molecular weight is 905 g/mol. The number of unbranched alkanes of at least 4 members (excludes halogenated alkanes) is 2. The highest BCUT2D eigenvalue weighted by molar-refractivity contribution is 5.96. The standard InChI is InChI=1S/C49H88N6O9/c1-16-18-20-24-28-39(62-31-33(5)52-42(57)34(6)35(7)63-47(8,9)10)37(27-19-17-2)44(59)55(15)49(14,29-32(3)4)45(60)54-40(36-25-22-21-23-26-36)43(58)53-38(41(50)56)30-51-46(61)64-48(11,12)13/h16-17,32-40H,1-2,18-31H2,3-15H3,(H2,50,56)(H,51,61)(H,52,57)(H,53,58)(H,54,60)/t33-,34+,35+,37-,38+,39-,40+,49?/m1/s1. The summed E-state index contributed by atoms with van der Waals surface area (Å²) in [6.07, 6.45) is 10.2.